The molecule has 4 aromatic rings. The smallest absolute Gasteiger partial charge is 0.133 e. The molecular formula is C21H21N5O. The molecule has 1 N–H and O–H groups in total. The monoisotopic (exact) mass is 359 g/mol. The van der Waals surface area contributed by atoms with Crippen LogP contribution < -0.4 is 0 Å². The van der Waals surface area contributed by atoms with Gasteiger partial charge in [0.15, 0.2) is 0 Å². The summed E-state index contributed by atoms with van der Waals surface area (Å²) in [5.41, 5.74) is 5.59. The maximum Gasteiger partial charge on any atom is 0.133 e. The van der Waals surface area contributed by atoms with Gasteiger partial charge in [0.2, 0.25) is 0 Å². The zero-order valence-electron chi connectivity index (χ0n) is 15.2. The van der Waals surface area contributed by atoms with Crippen molar-refractivity contribution in [1.29, 1.82) is 0 Å². The number of aryl methyl sites for hydroxylation is 1. The molecule has 0 bridgehead atoms. The van der Waals surface area contributed by atoms with E-state index >= 15 is 0 Å². The number of nitrogens with zero attached hydrogens (tertiary/aromatic N) is 4. The number of hydrogen-bond donors (Lipinski definition) is 1. The lowest BCUT2D eigenvalue weighted by Crippen LogP contribution is -2.36. The number of hydrogen-bond acceptors (Lipinski definition) is 5. The van der Waals surface area contributed by atoms with Crippen LogP contribution in [0.3, 0.4) is 0 Å². The molecule has 0 saturated heterocycles. The number of nitrogens with one attached hydrogen (secondary N) is 1. The van der Waals surface area contributed by atoms with Crippen LogP contribution in [0.5, 0.6) is 0 Å². The first kappa shape index (κ1) is 16.2. The first-order valence-corrected chi connectivity index (χ1v) is 9.35. The maximum absolute atomic E-state index is 5.51. The Morgan fingerprint density at radius 1 is 1.19 bits per heavy atom. The summed E-state index contributed by atoms with van der Waals surface area (Å²) in [6, 6.07) is 8.50. The molecule has 1 atom stereocenters. The minimum absolute atomic E-state index is 0.102. The molecule has 1 aliphatic heterocycles. The first-order chi connectivity index (χ1) is 13.3. The van der Waals surface area contributed by atoms with Gasteiger partial charge in [-0.1, -0.05) is 13.0 Å². The maximum atomic E-state index is 5.51. The highest BCUT2D eigenvalue weighted by atomic mass is 16.3. The fraction of sp³-hybridized carbons (Fsp3) is 0.286. The molecule has 0 aliphatic carbocycles. The third kappa shape index (κ3) is 2.92. The topological polar surface area (TPSA) is 70.8 Å². The molecule has 0 amide bonds. The van der Waals surface area contributed by atoms with Gasteiger partial charge in [-0.2, -0.15) is 0 Å². The highest BCUT2D eigenvalue weighted by molar-refractivity contribution is 5.78. The first-order valence-electron chi connectivity index (χ1n) is 9.35. The van der Waals surface area contributed by atoms with Crippen LogP contribution in [0, 0.1) is 0 Å². The van der Waals surface area contributed by atoms with E-state index in [-0.39, 0.29) is 6.04 Å². The molecule has 6 nitrogen and oxygen atoms in total. The van der Waals surface area contributed by atoms with Crippen LogP contribution in [0.25, 0.3) is 11.0 Å². The normalized spacial score (nSPS) is 17.3. The van der Waals surface area contributed by atoms with Gasteiger partial charge in [0.25, 0.3) is 0 Å². The van der Waals surface area contributed by atoms with E-state index in [1.54, 1.807) is 12.6 Å². The molecular weight excluding hydrogens is 338 g/mol. The number of benzene rings is 1. The van der Waals surface area contributed by atoms with E-state index in [1.165, 1.54) is 11.3 Å². The average molecular weight is 359 g/mol. The van der Waals surface area contributed by atoms with Crippen molar-refractivity contribution in [2.75, 3.05) is 6.54 Å². The summed E-state index contributed by atoms with van der Waals surface area (Å²) >= 11 is 0. The molecule has 5 rings (SSSR count). The largest absolute Gasteiger partial charge is 0.464 e. The summed E-state index contributed by atoms with van der Waals surface area (Å²) in [6.45, 7) is 3.82. The lowest BCUT2D eigenvalue weighted by atomic mass is 9.94. The van der Waals surface area contributed by atoms with Crippen molar-refractivity contribution in [1.82, 2.24) is 24.8 Å². The summed E-state index contributed by atoms with van der Waals surface area (Å²) in [5, 5.41) is 1.12. The van der Waals surface area contributed by atoms with E-state index < -0.39 is 0 Å². The second-order valence-corrected chi connectivity index (χ2v) is 6.97. The van der Waals surface area contributed by atoms with Crippen molar-refractivity contribution in [3.05, 3.63) is 77.6 Å². The molecule has 1 aliphatic rings. The number of rotatable bonds is 4. The number of aromatic nitrogens is 4. The Morgan fingerprint density at radius 2 is 2.07 bits per heavy atom. The zero-order chi connectivity index (χ0) is 18.2. The Balaban J connectivity index is 1.52. The predicted molar refractivity (Wildman–Crippen MR) is 102 cm³/mol. The number of imidazole rings is 1. The van der Waals surface area contributed by atoms with E-state index in [1.807, 2.05) is 24.5 Å². The Hall–Kier alpha value is -2.99. The van der Waals surface area contributed by atoms with Crippen LogP contribution in [0.2, 0.25) is 0 Å². The highest BCUT2D eigenvalue weighted by Crippen LogP contribution is 2.35. The predicted octanol–water partition coefficient (Wildman–Crippen LogP) is 3.66. The van der Waals surface area contributed by atoms with Crippen molar-refractivity contribution in [2.24, 2.45) is 0 Å². The summed E-state index contributed by atoms with van der Waals surface area (Å²) in [5.74, 6) is 0.883. The van der Waals surface area contributed by atoms with Gasteiger partial charge in [0.1, 0.15) is 11.4 Å². The SMILES string of the molecule is CCc1ncc(CN2CCc3[nH]cnc3C2c2ccc3occc3c2)cn1. The molecule has 0 spiro atoms. The molecule has 0 radical (unpaired) electrons. The lowest BCUT2D eigenvalue weighted by Gasteiger charge is -2.35. The summed E-state index contributed by atoms with van der Waals surface area (Å²) in [6.07, 6.45) is 9.25. The second kappa shape index (κ2) is 6.63. The van der Waals surface area contributed by atoms with Crippen LogP contribution >= 0.6 is 0 Å². The Kier molecular flexibility index (Phi) is 3.98. The number of H-pyrrole nitrogens is 1. The Labute approximate surface area is 157 Å². The van der Waals surface area contributed by atoms with Crippen LogP contribution in [0.4, 0.5) is 0 Å². The molecule has 0 saturated carbocycles. The third-order valence-corrected chi connectivity index (χ3v) is 5.28. The fourth-order valence-electron chi connectivity index (χ4n) is 3.90. The highest BCUT2D eigenvalue weighted by Gasteiger charge is 2.31. The van der Waals surface area contributed by atoms with Gasteiger partial charge in [0, 0.05) is 55.0 Å². The van der Waals surface area contributed by atoms with Gasteiger partial charge in [-0.3, -0.25) is 4.90 Å². The molecule has 6 heteroatoms. The van der Waals surface area contributed by atoms with Crippen LogP contribution in [0.15, 0.2) is 53.7 Å². The molecule has 1 aromatic carbocycles. The standard InChI is InChI=1S/C21H21N5O/c1-2-19-22-10-14(11-23-19)12-26-7-5-17-20(25-13-24-17)21(26)16-3-4-18-15(9-16)6-8-27-18/h3-4,6,8-11,13,21H,2,5,7,12H2,1H3,(H,24,25). The number of aromatic amines is 1. The Morgan fingerprint density at radius 3 is 2.93 bits per heavy atom. The van der Waals surface area contributed by atoms with Crippen LogP contribution in [0.1, 0.15) is 41.3 Å². The molecule has 1 unspecified atom stereocenters. The Bertz CT molecular complexity index is 1070. The summed E-state index contributed by atoms with van der Waals surface area (Å²) in [4.78, 5) is 19.3. The van der Waals surface area contributed by atoms with Gasteiger partial charge in [-0.05, 0) is 23.8 Å². The summed E-state index contributed by atoms with van der Waals surface area (Å²) in [7, 11) is 0. The molecule has 27 heavy (non-hydrogen) atoms. The minimum atomic E-state index is 0.102. The number of fused-ring (bicyclic) bond motifs is 2. The zero-order valence-corrected chi connectivity index (χ0v) is 15.2. The van der Waals surface area contributed by atoms with E-state index in [4.69, 9.17) is 4.42 Å². The quantitative estimate of drug-likeness (QED) is 0.602. The van der Waals surface area contributed by atoms with Crippen LogP contribution in [-0.4, -0.2) is 31.4 Å². The van der Waals surface area contributed by atoms with Crippen molar-refractivity contribution in [3.8, 4) is 0 Å². The van der Waals surface area contributed by atoms with Crippen molar-refractivity contribution in [3.63, 3.8) is 0 Å². The van der Waals surface area contributed by atoms with Crippen molar-refractivity contribution < 1.29 is 4.42 Å². The third-order valence-electron chi connectivity index (χ3n) is 5.28. The van der Waals surface area contributed by atoms with Gasteiger partial charge in [-0.25, -0.2) is 15.0 Å². The molecule has 4 heterocycles. The van der Waals surface area contributed by atoms with E-state index in [2.05, 4.69) is 43.9 Å². The van der Waals surface area contributed by atoms with Crippen molar-refractivity contribution in [2.45, 2.75) is 32.4 Å². The van der Waals surface area contributed by atoms with E-state index in [9.17, 15) is 0 Å². The lowest BCUT2D eigenvalue weighted by molar-refractivity contribution is 0.200. The molecule has 0 fully saturated rings. The molecule has 3 aromatic heterocycles. The van der Waals surface area contributed by atoms with Gasteiger partial charge in [-0.15, -0.1) is 0 Å². The van der Waals surface area contributed by atoms with Crippen LogP contribution in [-0.2, 0) is 19.4 Å². The number of furan rings is 1. The average Bonchev–Trinajstić information content (AvgIpc) is 3.37. The van der Waals surface area contributed by atoms with Gasteiger partial charge in [0.05, 0.1) is 24.3 Å². The fourth-order valence-corrected chi connectivity index (χ4v) is 3.90. The van der Waals surface area contributed by atoms with Gasteiger partial charge < -0.3 is 9.40 Å². The molecule has 136 valence electrons. The van der Waals surface area contributed by atoms with Crippen molar-refractivity contribution >= 4 is 11.0 Å². The summed E-state index contributed by atoms with van der Waals surface area (Å²) < 4.78 is 5.51. The second-order valence-electron chi connectivity index (χ2n) is 6.97. The van der Waals surface area contributed by atoms with E-state index in [0.29, 0.717) is 0 Å². The minimum Gasteiger partial charge on any atom is -0.464 e. The van der Waals surface area contributed by atoms with Gasteiger partial charge >= 0.3 is 0 Å². The van der Waals surface area contributed by atoms with E-state index in [0.717, 1.165) is 54.0 Å².